The lowest BCUT2D eigenvalue weighted by atomic mass is 9.73. The molecule has 2 heterocycles. The van der Waals surface area contributed by atoms with Gasteiger partial charge in [-0.15, -0.1) is 0 Å². The Labute approximate surface area is 224 Å². The fourth-order valence-corrected chi connectivity index (χ4v) is 4.96. The second-order valence-corrected chi connectivity index (χ2v) is 10.00. The molecule has 208 valence electrons. The van der Waals surface area contributed by atoms with Gasteiger partial charge in [-0.05, 0) is 80.8 Å². The van der Waals surface area contributed by atoms with E-state index in [1.54, 1.807) is 31.3 Å². The maximum atomic E-state index is 13.0. The predicted molar refractivity (Wildman–Crippen MR) is 138 cm³/mol. The number of rotatable bonds is 8. The summed E-state index contributed by atoms with van der Waals surface area (Å²) in [6, 6.07) is 9.88. The fraction of sp³-hybridized carbons (Fsp3) is 0.429. The first kappa shape index (κ1) is 28.4. The van der Waals surface area contributed by atoms with Crippen molar-refractivity contribution in [2.24, 2.45) is 11.8 Å². The lowest BCUT2D eigenvalue weighted by Gasteiger charge is -2.37. The van der Waals surface area contributed by atoms with Gasteiger partial charge >= 0.3 is 12.1 Å². The predicted octanol–water partition coefficient (Wildman–Crippen LogP) is 5.16. The molecule has 1 unspecified atom stereocenters. The minimum Gasteiger partial charge on any atom is -0.463 e. The van der Waals surface area contributed by atoms with Crippen LogP contribution in [0.4, 0.5) is 24.8 Å². The van der Waals surface area contributed by atoms with Gasteiger partial charge in [0.1, 0.15) is 17.9 Å². The zero-order valence-corrected chi connectivity index (χ0v) is 21.7. The second kappa shape index (κ2) is 11.7. The molecule has 0 radical (unpaired) electrons. The van der Waals surface area contributed by atoms with Crippen LogP contribution in [0.1, 0.15) is 49.6 Å². The van der Waals surface area contributed by atoms with Gasteiger partial charge in [0.15, 0.2) is 0 Å². The molecular weight excluding hydrogens is 513 g/mol. The molecule has 1 fully saturated rings. The molecule has 11 heteroatoms. The molecule has 1 atom stereocenters. The number of hydrogen-bond donors (Lipinski definition) is 3. The number of ether oxygens (including phenoxy) is 1. The van der Waals surface area contributed by atoms with Gasteiger partial charge in [-0.1, -0.05) is 12.1 Å². The Morgan fingerprint density at radius 2 is 1.79 bits per heavy atom. The monoisotopic (exact) mass is 544 g/mol. The van der Waals surface area contributed by atoms with Gasteiger partial charge in [-0.2, -0.15) is 13.2 Å². The second-order valence-electron chi connectivity index (χ2n) is 10.00. The Hall–Kier alpha value is -3.57. The summed E-state index contributed by atoms with van der Waals surface area (Å²) >= 11 is 0. The van der Waals surface area contributed by atoms with Crippen molar-refractivity contribution in [3.8, 4) is 11.1 Å². The van der Waals surface area contributed by atoms with Crippen molar-refractivity contribution in [2.45, 2.75) is 51.3 Å². The van der Waals surface area contributed by atoms with Crippen LogP contribution in [-0.4, -0.2) is 44.3 Å². The molecule has 2 aromatic heterocycles. The van der Waals surface area contributed by atoms with Crippen molar-refractivity contribution in [1.82, 2.24) is 15.0 Å². The number of hydrogen-bond acceptors (Lipinski definition) is 8. The zero-order valence-electron chi connectivity index (χ0n) is 21.7. The van der Waals surface area contributed by atoms with Gasteiger partial charge in [0, 0.05) is 23.6 Å². The van der Waals surface area contributed by atoms with Crippen LogP contribution in [0.2, 0.25) is 0 Å². The highest BCUT2D eigenvalue weighted by atomic mass is 19.4. The van der Waals surface area contributed by atoms with Crippen LogP contribution in [0.15, 0.2) is 48.8 Å². The van der Waals surface area contributed by atoms with E-state index in [-0.39, 0.29) is 37.0 Å². The minimum atomic E-state index is -4.57. The summed E-state index contributed by atoms with van der Waals surface area (Å²) in [6.45, 7) is 3.38. The number of aliphatic hydroxyl groups is 2. The SMILES string of the molecule is Cc1cc(Nc2nccc(C(F)(F)F)n2)cc(-c2ccc(C(C)(O)C3CCC(C(=O)OCCO)CC3)nc2)c1. The van der Waals surface area contributed by atoms with Gasteiger partial charge in [0.25, 0.3) is 0 Å². The fourth-order valence-electron chi connectivity index (χ4n) is 4.96. The molecule has 3 aromatic rings. The molecule has 1 aliphatic carbocycles. The van der Waals surface area contributed by atoms with Gasteiger partial charge in [-0.25, -0.2) is 9.97 Å². The zero-order chi connectivity index (χ0) is 28.2. The summed E-state index contributed by atoms with van der Waals surface area (Å²) in [4.78, 5) is 24.1. The Balaban J connectivity index is 1.46. The third kappa shape index (κ3) is 6.90. The van der Waals surface area contributed by atoms with Crippen LogP contribution in [0.3, 0.4) is 0 Å². The van der Waals surface area contributed by atoms with E-state index in [2.05, 4.69) is 20.3 Å². The topological polar surface area (TPSA) is 117 Å². The number of carbonyl (C=O) groups is 1. The Morgan fingerprint density at radius 3 is 2.44 bits per heavy atom. The van der Waals surface area contributed by atoms with Crippen LogP contribution in [0.25, 0.3) is 11.1 Å². The lowest BCUT2D eigenvalue weighted by Crippen LogP contribution is -2.37. The standard InChI is InChI=1S/C28H31F3N4O4/c1-17-13-20(15-22(14-17)34-26-32-10-9-24(35-26)28(29,30)31)19-5-8-23(33-16-19)27(2,38)21-6-3-18(4-7-21)25(37)39-12-11-36/h5,8-10,13-16,18,21,36,38H,3-4,6-7,11-12H2,1-2H3,(H,32,34,35). The number of esters is 1. The number of anilines is 2. The van der Waals surface area contributed by atoms with Crippen molar-refractivity contribution in [3.05, 3.63) is 65.7 Å². The molecule has 0 spiro atoms. The summed E-state index contributed by atoms with van der Waals surface area (Å²) in [5.41, 5.74) is 1.22. The van der Waals surface area contributed by atoms with E-state index in [0.29, 0.717) is 37.1 Å². The molecule has 39 heavy (non-hydrogen) atoms. The molecule has 1 aromatic carbocycles. The van der Waals surface area contributed by atoms with Crippen LogP contribution in [0, 0.1) is 18.8 Å². The van der Waals surface area contributed by atoms with Crippen molar-refractivity contribution in [2.75, 3.05) is 18.5 Å². The number of halogens is 3. The van der Waals surface area contributed by atoms with E-state index in [1.165, 1.54) is 0 Å². The maximum Gasteiger partial charge on any atom is 0.433 e. The molecule has 0 aliphatic heterocycles. The molecule has 3 N–H and O–H groups in total. The number of benzene rings is 1. The van der Waals surface area contributed by atoms with Gasteiger partial charge in [0.2, 0.25) is 5.95 Å². The number of nitrogens with one attached hydrogen (secondary N) is 1. The molecule has 0 amide bonds. The lowest BCUT2D eigenvalue weighted by molar-refractivity contribution is -0.152. The summed E-state index contributed by atoms with van der Waals surface area (Å²) in [5.74, 6) is -0.789. The normalized spacial score (nSPS) is 19.3. The highest BCUT2D eigenvalue weighted by Gasteiger charge is 2.39. The van der Waals surface area contributed by atoms with Crippen molar-refractivity contribution in [3.63, 3.8) is 0 Å². The molecule has 1 aliphatic rings. The Kier molecular flexibility index (Phi) is 8.51. The largest absolute Gasteiger partial charge is 0.463 e. The summed E-state index contributed by atoms with van der Waals surface area (Å²) < 4.78 is 44.1. The average molecular weight is 545 g/mol. The molecule has 4 rings (SSSR count). The number of alkyl halides is 3. The Morgan fingerprint density at radius 1 is 1.05 bits per heavy atom. The number of aromatic nitrogens is 3. The molecular formula is C28H31F3N4O4. The first-order chi connectivity index (χ1) is 18.5. The van der Waals surface area contributed by atoms with Crippen molar-refractivity contribution >= 4 is 17.6 Å². The third-order valence-electron chi connectivity index (χ3n) is 7.09. The van der Waals surface area contributed by atoms with E-state index in [1.807, 2.05) is 19.1 Å². The summed E-state index contributed by atoms with van der Waals surface area (Å²) in [5, 5.41) is 23.0. The summed E-state index contributed by atoms with van der Waals surface area (Å²) in [6.07, 6.45) is 0.604. The molecule has 8 nitrogen and oxygen atoms in total. The molecule has 0 bridgehead atoms. The highest BCUT2D eigenvalue weighted by molar-refractivity contribution is 5.72. The van der Waals surface area contributed by atoms with Gasteiger partial charge < -0.3 is 20.3 Å². The van der Waals surface area contributed by atoms with Crippen LogP contribution in [0.5, 0.6) is 0 Å². The number of aliphatic hydroxyl groups excluding tert-OH is 1. The quantitative estimate of drug-likeness (QED) is 0.333. The van der Waals surface area contributed by atoms with Gasteiger partial charge in [-0.3, -0.25) is 9.78 Å². The van der Waals surface area contributed by atoms with E-state index in [4.69, 9.17) is 9.84 Å². The van der Waals surface area contributed by atoms with Crippen molar-refractivity contribution < 1.29 is 32.9 Å². The number of nitrogens with zero attached hydrogens (tertiary/aromatic N) is 3. The number of aryl methyl sites for hydroxylation is 1. The highest BCUT2D eigenvalue weighted by Crippen LogP contribution is 2.41. The van der Waals surface area contributed by atoms with Gasteiger partial charge in [0.05, 0.1) is 18.2 Å². The molecule has 0 saturated heterocycles. The van der Waals surface area contributed by atoms with Crippen molar-refractivity contribution in [1.29, 1.82) is 0 Å². The first-order valence-electron chi connectivity index (χ1n) is 12.7. The molecule has 1 saturated carbocycles. The smallest absolute Gasteiger partial charge is 0.433 e. The number of carbonyl (C=O) groups excluding carboxylic acids is 1. The van der Waals surface area contributed by atoms with Crippen LogP contribution in [-0.2, 0) is 21.3 Å². The number of pyridine rings is 1. The average Bonchev–Trinajstić information content (AvgIpc) is 2.91. The first-order valence-corrected chi connectivity index (χ1v) is 12.7. The third-order valence-corrected chi connectivity index (χ3v) is 7.09. The minimum absolute atomic E-state index is 0.00966. The van der Waals surface area contributed by atoms with Crippen LogP contribution < -0.4 is 5.32 Å². The van der Waals surface area contributed by atoms with E-state index < -0.39 is 17.5 Å². The van der Waals surface area contributed by atoms with Crippen LogP contribution >= 0.6 is 0 Å². The van der Waals surface area contributed by atoms with E-state index in [0.717, 1.165) is 29.0 Å². The maximum absolute atomic E-state index is 13.0. The summed E-state index contributed by atoms with van der Waals surface area (Å²) in [7, 11) is 0. The Bertz CT molecular complexity index is 1290. The van der Waals surface area contributed by atoms with E-state index >= 15 is 0 Å². The van der Waals surface area contributed by atoms with E-state index in [9.17, 15) is 23.1 Å².